The summed E-state index contributed by atoms with van der Waals surface area (Å²) in [5, 5.41) is 10.2. The van der Waals surface area contributed by atoms with Crippen molar-refractivity contribution in [2.45, 2.75) is 56.5 Å². The van der Waals surface area contributed by atoms with Gasteiger partial charge in [0.25, 0.3) is 0 Å². The number of hydrogen-bond donors (Lipinski definition) is 1. The summed E-state index contributed by atoms with van der Waals surface area (Å²) in [5.41, 5.74) is 3.05. The van der Waals surface area contributed by atoms with Crippen LogP contribution in [0.15, 0.2) is 53.4 Å². The predicted octanol–water partition coefficient (Wildman–Crippen LogP) is 3.62. The van der Waals surface area contributed by atoms with Crippen LogP contribution < -0.4 is 0 Å². The molecule has 5 nitrogen and oxygen atoms in total. The summed E-state index contributed by atoms with van der Waals surface area (Å²) in [5.74, 6) is 6.80. The van der Waals surface area contributed by atoms with Gasteiger partial charge in [-0.3, -0.25) is 4.90 Å². The third-order valence-corrected chi connectivity index (χ3v) is 8.62. The van der Waals surface area contributed by atoms with Crippen molar-refractivity contribution in [3.05, 3.63) is 65.2 Å². The van der Waals surface area contributed by atoms with Gasteiger partial charge < -0.3 is 5.11 Å². The van der Waals surface area contributed by atoms with Crippen LogP contribution in [0.3, 0.4) is 0 Å². The Morgan fingerprint density at radius 1 is 1.09 bits per heavy atom. The number of rotatable bonds is 4. The van der Waals surface area contributed by atoms with Crippen molar-refractivity contribution in [2.24, 2.45) is 5.92 Å². The van der Waals surface area contributed by atoms with Crippen LogP contribution in [0.25, 0.3) is 0 Å². The Morgan fingerprint density at radius 2 is 1.82 bits per heavy atom. The van der Waals surface area contributed by atoms with Crippen LogP contribution in [0, 0.1) is 24.7 Å². The molecule has 6 heteroatoms. The second-order valence-corrected chi connectivity index (χ2v) is 11.5. The summed E-state index contributed by atoms with van der Waals surface area (Å²) in [6.45, 7) is 7.98. The molecule has 4 rings (SSSR count). The molecule has 2 saturated heterocycles. The van der Waals surface area contributed by atoms with Gasteiger partial charge in [0.05, 0.1) is 11.5 Å². The second-order valence-electron chi connectivity index (χ2n) is 9.51. The number of sulfonamides is 1. The van der Waals surface area contributed by atoms with Crippen molar-refractivity contribution in [3.63, 3.8) is 0 Å². The van der Waals surface area contributed by atoms with E-state index in [1.165, 1.54) is 0 Å². The lowest BCUT2D eigenvalue weighted by molar-refractivity contribution is -0.0553. The molecular formula is C27H34N2O3S. The first-order valence-electron chi connectivity index (χ1n) is 11.9. The fourth-order valence-electron chi connectivity index (χ4n) is 5.07. The lowest BCUT2D eigenvalue weighted by Crippen LogP contribution is -2.67. The highest BCUT2D eigenvalue weighted by atomic mass is 32.2. The lowest BCUT2D eigenvalue weighted by atomic mass is 9.74. The molecule has 0 unspecified atom stereocenters. The minimum absolute atomic E-state index is 0.0178. The second kappa shape index (κ2) is 9.99. The van der Waals surface area contributed by atoms with Gasteiger partial charge in [0, 0.05) is 42.6 Å². The summed E-state index contributed by atoms with van der Waals surface area (Å²) < 4.78 is 28.6. The number of aliphatic hydroxyl groups excluding tert-OH is 1. The van der Waals surface area contributed by atoms with Crippen LogP contribution in [-0.4, -0.2) is 61.1 Å². The van der Waals surface area contributed by atoms with E-state index in [1.54, 1.807) is 22.5 Å². The number of nitrogens with zero attached hydrogens (tertiary/aromatic N) is 2. The predicted molar refractivity (Wildman–Crippen MR) is 131 cm³/mol. The summed E-state index contributed by atoms with van der Waals surface area (Å²) in [4.78, 5) is 2.66. The highest BCUT2D eigenvalue weighted by molar-refractivity contribution is 7.89. The van der Waals surface area contributed by atoms with Crippen molar-refractivity contribution in [1.29, 1.82) is 0 Å². The van der Waals surface area contributed by atoms with E-state index in [0.717, 1.165) is 36.1 Å². The van der Waals surface area contributed by atoms with E-state index in [0.29, 0.717) is 23.9 Å². The molecule has 2 heterocycles. The Bertz CT molecular complexity index is 1130. The Morgan fingerprint density at radius 3 is 2.48 bits per heavy atom. The van der Waals surface area contributed by atoms with E-state index in [1.807, 2.05) is 25.1 Å². The Balaban J connectivity index is 1.61. The molecule has 0 aromatic heterocycles. The maximum absolute atomic E-state index is 13.5. The fourth-order valence-corrected chi connectivity index (χ4v) is 6.67. The van der Waals surface area contributed by atoms with Gasteiger partial charge in [-0.1, -0.05) is 50.0 Å². The van der Waals surface area contributed by atoms with Crippen molar-refractivity contribution < 1.29 is 13.5 Å². The summed E-state index contributed by atoms with van der Waals surface area (Å²) in [6.07, 6.45) is 1.74. The van der Waals surface area contributed by atoms with Crippen LogP contribution in [0.4, 0.5) is 0 Å². The molecule has 1 N–H and O–H groups in total. The largest absolute Gasteiger partial charge is 0.395 e. The smallest absolute Gasteiger partial charge is 0.243 e. The minimum atomic E-state index is -3.57. The zero-order valence-electron chi connectivity index (χ0n) is 19.7. The third-order valence-electron chi connectivity index (χ3n) is 6.76. The Kier molecular flexibility index (Phi) is 7.25. The van der Waals surface area contributed by atoms with Gasteiger partial charge in [-0.05, 0) is 61.7 Å². The quantitative estimate of drug-likeness (QED) is 0.700. The van der Waals surface area contributed by atoms with Gasteiger partial charge in [-0.15, -0.1) is 0 Å². The first-order valence-corrected chi connectivity index (χ1v) is 13.3. The van der Waals surface area contributed by atoms with Crippen LogP contribution in [0.1, 0.15) is 49.3 Å². The minimum Gasteiger partial charge on any atom is -0.395 e. The molecule has 176 valence electrons. The number of benzene rings is 2. The average Bonchev–Trinajstić information content (AvgIpc) is 2.77. The van der Waals surface area contributed by atoms with Crippen molar-refractivity contribution in [3.8, 4) is 11.8 Å². The Hall–Kier alpha value is -2.17. The van der Waals surface area contributed by atoms with Gasteiger partial charge in [0.1, 0.15) is 0 Å². The van der Waals surface area contributed by atoms with E-state index in [-0.39, 0.29) is 24.6 Å². The van der Waals surface area contributed by atoms with Crippen molar-refractivity contribution >= 4 is 10.0 Å². The third kappa shape index (κ3) is 5.02. The summed E-state index contributed by atoms with van der Waals surface area (Å²) in [6, 6.07) is 15.5. The number of hydrogen-bond acceptors (Lipinski definition) is 4. The van der Waals surface area contributed by atoms with E-state index in [2.05, 4.69) is 42.7 Å². The topological polar surface area (TPSA) is 60.9 Å². The first-order chi connectivity index (χ1) is 15.8. The molecule has 2 aromatic carbocycles. The van der Waals surface area contributed by atoms with Crippen molar-refractivity contribution in [1.82, 2.24) is 9.21 Å². The molecule has 0 bridgehead atoms. The van der Waals surface area contributed by atoms with Gasteiger partial charge in [0.15, 0.2) is 0 Å². The van der Waals surface area contributed by atoms with E-state index < -0.39 is 10.0 Å². The van der Waals surface area contributed by atoms with Crippen LogP contribution in [0.2, 0.25) is 0 Å². The number of aliphatic hydroxyl groups is 1. The van der Waals surface area contributed by atoms with Gasteiger partial charge in [0.2, 0.25) is 10.0 Å². The summed E-state index contributed by atoms with van der Waals surface area (Å²) >= 11 is 0. The lowest BCUT2D eigenvalue weighted by Gasteiger charge is -2.57. The fraction of sp³-hybridized carbons (Fsp3) is 0.481. The molecule has 0 amide bonds. The van der Waals surface area contributed by atoms with Gasteiger partial charge >= 0.3 is 0 Å². The van der Waals surface area contributed by atoms with Gasteiger partial charge in [-0.2, -0.15) is 4.31 Å². The SMILES string of the molecule is Cc1cccc(S(=O)(=O)N2CCCCN3[C@H](C2)[C@@H](c2ccc(C#CC(C)C)cc2)[C@@H]3CO)c1. The molecule has 2 aliphatic rings. The molecule has 2 aromatic rings. The molecule has 0 radical (unpaired) electrons. The number of fused-ring (bicyclic) bond motifs is 1. The van der Waals surface area contributed by atoms with E-state index in [9.17, 15) is 13.5 Å². The van der Waals surface area contributed by atoms with E-state index >= 15 is 0 Å². The van der Waals surface area contributed by atoms with Crippen LogP contribution in [0.5, 0.6) is 0 Å². The number of aryl methyl sites for hydroxylation is 1. The molecule has 33 heavy (non-hydrogen) atoms. The highest BCUT2D eigenvalue weighted by Crippen LogP contribution is 2.42. The molecule has 3 atom stereocenters. The van der Waals surface area contributed by atoms with Crippen LogP contribution >= 0.6 is 0 Å². The maximum Gasteiger partial charge on any atom is 0.243 e. The molecule has 0 spiro atoms. The standard InChI is InChI=1S/C27H34N2O3S/c1-20(2)9-10-22-11-13-23(14-12-22)27-25-18-28(15-4-5-16-29(25)26(27)19-30)33(31,32)24-8-6-7-21(3)17-24/h6-8,11-14,17,20,25-27,30H,4-5,15-16,18-19H2,1-3H3/t25-,26+,27-/m1/s1. The zero-order chi connectivity index (χ0) is 23.6. The van der Waals surface area contributed by atoms with Crippen LogP contribution in [-0.2, 0) is 10.0 Å². The van der Waals surface area contributed by atoms with Gasteiger partial charge in [-0.25, -0.2) is 8.42 Å². The molecule has 0 saturated carbocycles. The van der Waals surface area contributed by atoms with E-state index in [4.69, 9.17) is 0 Å². The zero-order valence-corrected chi connectivity index (χ0v) is 20.6. The molecule has 0 aliphatic carbocycles. The summed E-state index contributed by atoms with van der Waals surface area (Å²) in [7, 11) is -3.57. The van der Waals surface area contributed by atoms with Crippen molar-refractivity contribution in [2.75, 3.05) is 26.2 Å². The maximum atomic E-state index is 13.5. The monoisotopic (exact) mass is 466 g/mol. The Labute approximate surface area is 198 Å². The highest BCUT2D eigenvalue weighted by Gasteiger charge is 2.50. The molecule has 2 fully saturated rings. The molecular weight excluding hydrogens is 432 g/mol. The average molecular weight is 467 g/mol. The normalized spacial score (nSPS) is 24.2. The first kappa shape index (κ1) is 24.0. The molecule has 2 aliphatic heterocycles.